The molecule has 54 heavy (non-hydrogen) atoms. The van der Waals surface area contributed by atoms with E-state index in [0.29, 0.717) is 0 Å². The molecule has 4 amide bonds. The number of hydrogen-bond acceptors (Lipinski definition) is 7. The third-order valence-electron chi connectivity index (χ3n) is 8.79. The second-order valence-electron chi connectivity index (χ2n) is 13.8. The number of hydrogen-bond donors (Lipinski definition) is 5. The number of rotatable bonds is 18. The van der Waals surface area contributed by atoms with Gasteiger partial charge in [0.15, 0.2) is 0 Å². The maximum atomic E-state index is 14.0. The zero-order chi connectivity index (χ0) is 38.9. The van der Waals surface area contributed by atoms with Crippen molar-refractivity contribution in [2.75, 3.05) is 0 Å². The van der Waals surface area contributed by atoms with Gasteiger partial charge in [-0.3, -0.25) is 29.1 Å². The zero-order valence-electron chi connectivity index (χ0n) is 31.1. The van der Waals surface area contributed by atoms with Gasteiger partial charge in [0.05, 0.1) is 18.2 Å². The lowest BCUT2D eigenvalue weighted by atomic mass is 9.91. The summed E-state index contributed by atoms with van der Waals surface area (Å²) < 4.78 is 0. The molecule has 0 aliphatic rings. The molecule has 2 aromatic carbocycles. The molecule has 4 aromatic rings. The Morgan fingerprint density at radius 2 is 0.963 bits per heavy atom. The molecule has 0 saturated carbocycles. The van der Waals surface area contributed by atoms with E-state index in [9.17, 15) is 24.3 Å². The molecule has 0 radical (unpaired) electrons. The molecule has 0 aliphatic heterocycles. The van der Waals surface area contributed by atoms with E-state index in [1.807, 2.05) is 100 Å². The third kappa shape index (κ3) is 13.2. The van der Waals surface area contributed by atoms with Gasteiger partial charge in [-0.2, -0.15) is 0 Å². The topological polar surface area (TPSA) is 162 Å². The zero-order valence-corrected chi connectivity index (χ0v) is 31.1. The minimum absolute atomic E-state index is 0.234. The number of amides is 4. The first-order chi connectivity index (χ1) is 26.0. The van der Waals surface area contributed by atoms with E-state index < -0.39 is 53.9 Å². The van der Waals surface area contributed by atoms with Gasteiger partial charge in [0, 0.05) is 36.9 Å². The second-order valence-corrected chi connectivity index (χ2v) is 13.8. The van der Waals surface area contributed by atoms with Crippen molar-refractivity contribution in [1.29, 1.82) is 0 Å². The average molecular weight is 731 g/mol. The van der Waals surface area contributed by atoms with Gasteiger partial charge in [0.2, 0.25) is 23.6 Å². The van der Waals surface area contributed by atoms with Crippen LogP contribution in [0.5, 0.6) is 0 Å². The van der Waals surface area contributed by atoms with Crippen molar-refractivity contribution >= 4 is 35.8 Å². The van der Waals surface area contributed by atoms with Crippen LogP contribution in [0.15, 0.2) is 122 Å². The molecule has 0 bridgehead atoms. The third-order valence-corrected chi connectivity index (χ3v) is 8.79. The highest BCUT2D eigenvalue weighted by Gasteiger charge is 2.35. The summed E-state index contributed by atoms with van der Waals surface area (Å²) in [7, 11) is 0. The number of nitrogens with one attached hydrogen (secondary N) is 4. The van der Waals surface area contributed by atoms with Crippen LogP contribution in [-0.4, -0.2) is 69.0 Å². The van der Waals surface area contributed by atoms with Crippen LogP contribution in [0, 0.1) is 11.8 Å². The number of benzene rings is 2. The highest BCUT2D eigenvalue weighted by molar-refractivity contribution is 5.96. The Hall–Kier alpha value is -5.94. The Bertz CT molecular complexity index is 1700. The molecule has 2 heterocycles. The Morgan fingerprint density at radius 3 is 1.30 bits per heavy atom. The summed E-state index contributed by atoms with van der Waals surface area (Å²) in [5.41, 5.74) is 3.17. The first-order valence-corrected chi connectivity index (χ1v) is 18.1. The molecule has 0 spiro atoms. The summed E-state index contributed by atoms with van der Waals surface area (Å²) in [6, 6.07) is 22.3. The summed E-state index contributed by atoms with van der Waals surface area (Å²) in [4.78, 5) is 61.9. The van der Waals surface area contributed by atoms with Crippen LogP contribution in [0.1, 0.15) is 49.9 Å². The lowest BCUT2D eigenvalue weighted by molar-refractivity contribution is -0.130. The quantitative estimate of drug-likeness (QED) is 0.0954. The summed E-state index contributed by atoms with van der Waals surface area (Å²) >= 11 is 0. The van der Waals surface area contributed by atoms with Gasteiger partial charge in [-0.05, 0) is 71.2 Å². The van der Waals surface area contributed by atoms with Crippen molar-refractivity contribution < 1.29 is 24.3 Å². The number of aromatic nitrogens is 2. The largest absolute Gasteiger partial charge is 0.389 e. The molecule has 4 atom stereocenters. The molecule has 11 nitrogen and oxygen atoms in total. The minimum Gasteiger partial charge on any atom is -0.389 e. The van der Waals surface area contributed by atoms with Crippen molar-refractivity contribution in [1.82, 2.24) is 31.2 Å². The first kappa shape index (κ1) is 40.8. The van der Waals surface area contributed by atoms with Crippen molar-refractivity contribution in [3.63, 3.8) is 0 Å². The second kappa shape index (κ2) is 20.9. The van der Waals surface area contributed by atoms with Crippen LogP contribution in [0.4, 0.5) is 0 Å². The highest BCUT2D eigenvalue weighted by atomic mass is 16.3. The summed E-state index contributed by atoms with van der Waals surface area (Å²) in [6.45, 7) is 7.29. The molecular formula is C43H50N6O5. The van der Waals surface area contributed by atoms with E-state index in [2.05, 4.69) is 31.2 Å². The summed E-state index contributed by atoms with van der Waals surface area (Å²) in [6.07, 6.45) is 11.6. The molecule has 282 valence electrons. The number of aliphatic hydroxyl groups excluding tert-OH is 1. The van der Waals surface area contributed by atoms with Crippen LogP contribution >= 0.6 is 0 Å². The highest BCUT2D eigenvalue weighted by Crippen LogP contribution is 2.16. The molecule has 0 fully saturated rings. The maximum Gasteiger partial charge on any atom is 0.244 e. The normalized spacial score (nSPS) is 14.3. The van der Waals surface area contributed by atoms with Gasteiger partial charge in [-0.15, -0.1) is 0 Å². The van der Waals surface area contributed by atoms with Crippen molar-refractivity contribution in [3.8, 4) is 0 Å². The molecule has 4 rings (SSSR count). The van der Waals surface area contributed by atoms with Gasteiger partial charge in [-0.25, -0.2) is 0 Å². The fourth-order valence-electron chi connectivity index (χ4n) is 5.84. The number of aliphatic hydroxyl groups is 1. The number of nitrogens with zero attached hydrogens (tertiary/aromatic N) is 2. The van der Waals surface area contributed by atoms with Gasteiger partial charge >= 0.3 is 0 Å². The molecule has 0 aliphatic carbocycles. The van der Waals surface area contributed by atoms with E-state index in [0.717, 1.165) is 22.3 Å². The van der Waals surface area contributed by atoms with E-state index in [1.54, 1.807) is 49.1 Å². The predicted octanol–water partition coefficient (Wildman–Crippen LogP) is 4.30. The molecule has 11 heteroatoms. The fraction of sp³-hybridized carbons (Fsp3) is 0.302. The van der Waals surface area contributed by atoms with Crippen molar-refractivity contribution in [3.05, 3.63) is 144 Å². The first-order valence-electron chi connectivity index (χ1n) is 18.1. The lowest BCUT2D eigenvalue weighted by Crippen LogP contribution is -2.61. The maximum absolute atomic E-state index is 14.0. The van der Waals surface area contributed by atoms with E-state index >= 15 is 0 Å². The van der Waals surface area contributed by atoms with Crippen LogP contribution in [0.2, 0.25) is 0 Å². The fourth-order valence-corrected chi connectivity index (χ4v) is 5.84. The average Bonchev–Trinajstić information content (AvgIpc) is 3.17. The van der Waals surface area contributed by atoms with Crippen LogP contribution in [-0.2, 0) is 32.0 Å². The van der Waals surface area contributed by atoms with Gasteiger partial charge in [-0.1, -0.05) is 100 Å². The summed E-state index contributed by atoms with van der Waals surface area (Å²) in [5, 5.41) is 23.8. The number of carbonyl (C=O) groups excluding carboxylic acids is 4. The van der Waals surface area contributed by atoms with Crippen LogP contribution < -0.4 is 21.3 Å². The number of pyridine rings is 2. The van der Waals surface area contributed by atoms with Gasteiger partial charge in [0.1, 0.15) is 12.1 Å². The lowest BCUT2D eigenvalue weighted by Gasteiger charge is -2.34. The molecular weight excluding hydrogens is 681 g/mol. The molecule has 0 saturated heterocycles. The van der Waals surface area contributed by atoms with E-state index in [4.69, 9.17) is 0 Å². The number of carbonyl (C=O) groups is 4. The molecule has 5 N–H and O–H groups in total. The van der Waals surface area contributed by atoms with Crippen LogP contribution in [0.3, 0.4) is 0 Å². The Labute approximate surface area is 317 Å². The Balaban J connectivity index is 1.58. The molecule has 2 unspecified atom stereocenters. The summed E-state index contributed by atoms with van der Waals surface area (Å²) in [5.74, 6) is -2.47. The minimum atomic E-state index is -1.29. The predicted molar refractivity (Wildman–Crippen MR) is 210 cm³/mol. The standard InChI is InChI=1S/C43H50N6O5/c1-29(2)39(48-37(50)21-19-33-17-11-23-44-27-33)42(53)46-35(25-31-13-7-5-8-14-31)41(52)36(26-32-15-9-6-10-16-32)47-43(54)40(30(3)4)49-38(51)22-20-34-18-12-24-45-28-34/h5-24,27-30,35-36,39-41,52H,25-26H2,1-4H3,(H,46,53)(H,47,54)(H,48,50)(H,49,51)/b21-19+,22-20+/t35-,36-,39?,40?,41?/m0/s1. The van der Waals surface area contributed by atoms with E-state index in [1.165, 1.54) is 12.2 Å². The smallest absolute Gasteiger partial charge is 0.244 e. The monoisotopic (exact) mass is 730 g/mol. The molecule has 2 aromatic heterocycles. The Morgan fingerprint density at radius 1 is 0.574 bits per heavy atom. The SMILES string of the molecule is CC(C)C(NC(=O)/C=C/c1cccnc1)C(=O)N[C@@H](Cc1ccccc1)C(O)[C@H](Cc1ccccc1)NC(=O)C(NC(=O)/C=C/c1cccnc1)C(C)C. The Kier molecular flexibility index (Phi) is 15.8. The van der Waals surface area contributed by atoms with Crippen molar-refractivity contribution in [2.24, 2.45) is 11.8 Å². The van der Waals surface area contributed by atoms with Gasteiger partial charge < -0.3 is 26.4 Å². The van der Waals surface area contributed by atoms with Crippen molar-refractivity contribution in [2.45, 2.75) is 70.8 Å². The van der Waals surface area contributed by atoms with Gasteiger partial charge in [0.25, 0.3) is 0 Å². The van der Waals surface area contributed by atoms with E-state index in [-0.39, 0.29) is 24.7 Å². The van der Waals surface area contributed by atoms with Crippen LogP contribution in [0.25, 0.3) is 12.2 Å².